The molecule has 2 aromatic rings. The van der Waals surface area contributed by atoms with Crippen LogP contribution in [0.4, 0.5) is 0 Å². The number of hydrogen-bond acceptors (Lipinski definition) is 9. The van der Waals surface area contributed by atoms with E-state index < -0.39 is 64.4 Å². The summed E-state index contributed by atoms with van der Waals surface area (Å²) in [5, 5.41) is 23.1. The number of hydrogen-bond donors (Lipinski definition) is 3. The number of ketones is 4. The van der Waals surface area contributed by atoms with Gasteiger partial charge in [0.05, 0.1) is 17.5 Å². The van der Waals surface area contributed by atoms with Crippen LogP contribution in [-0.2, 0) is 45.0 Å². The lowest BCUT2D eigenvalue weighted by atomic mass is 9.52. The maximum atomic E-state index is 13.9. The first kappa shape index (κ1) is 29.6. The van der Waals surface area contributed by atoms with Gasteiger partial charge in [0.25, 0.3) is 0 Å². The number of primary amides is 1. The minimum absolute atomic E-state index is 0.0183. The smallest absolute Gasteiger partial charge is 0.235 e. The predicted octanol–water partition coefficient (Wildman–Crippen LogP) is 1.12. The minimum atomic E-state index is -2.75. The Morgan fingerprint density at radius 3 is 2.30 bits per heavy atom. The number of amides is 1. The Labute approximate surface area is 253 Å². The Morgan fingerprint density at radius 1 is 1.09 bits per heavy atom. The number of nitrogens with zero attached hydrogens (tertiary/aromatic N) is 2. The van der Waals surface area contributed by atoms with Crippen molar-refractivity contribution in [1.29, 1.82) is 0 Å². The Hall–Kier alpha value is -3.44. The molecule has 4 aliphatic rings. The van der Waals surface area contributed by atoms with Crippen molar-refractivity contribution < 1.29 is 34.2 Å². The number of carbonyl (C=O) groups excluding carboxylic acids is 5. The van der Waals surface area contributed by atoms with E-state index in [2.05, 4.69) is 17.0 Å². The van der Waals surface area contributed by atoms with E-state index in [4.69, 9.17) is 17.3 Å². The minimum Gasteiger partial charge on any atom is -0.507 e. The molecule has 1 aliphatic heterocycles. The van der Waals surface area contributed by atoms with Crippen LogP contribution < -0.4 is 5.73 Å². The van der Waals surface area contributed by atoms with Crippen molar-refractivity contribution >= 4 is 40.6 Å². The van der Waals surface area contributed by atoms with Gasteiger partial charge in [0, 0.05) is 30.6 Å². The summed E-state index contributed by atoms with van der Waals surface area (Å²) in [7, 11) is 3.11. The van der Waals surface area contributed by atoms with Crippen LogP contribution in [0.1, 0.15) is 39.0 Å². The van der Waals surface area contributed by atoms with Crippen molar-refractivity contribution in [2.24, 2.45) is 29.4 Å². The second-order valence-corrected chi connectivity index (χ2v) is 12.9. The highest BCUT2D eigenvalue weighted by Crippen LogP contribution is 2.51. The maximum absolute atomic E-state index is 13.9. The fourth-order valence-electron chi connectivity index (χ4n) is 7.94. The monoisotopic (exact) mass is 607 g/mol. The normalized spacial score (nSPS) is 30.8. The lowest BCUT2D eigenvalue weighted by Crippen LogP contribution is -2.74. The van der Waals surface area contributed by atoms with Gasteiger partial charge in [-0.2, -0.15) is 0 Å². The van der Waals surface area contributed by atoms with Gasteiger partial charge in [-0.15, -0.1) is 0 Å². The largest absolute Gasteiger partial charge is 0.507 e. The van der Waals surface area contributed by atoms with Gasteiger partial charge in [-0.25, -0.2) is 0 Å². The van der Waals surface area contributed by atoms with E-state index in [1.165, 1.54) is 22.1 Å². The van der Waals surface area contributed by atoms with Gasteiger partial charge >= 0.3 is 0 Å². The first-order valence-corrected chi connectivity index (χ1v) is 14.9. The molecule has 0 radical (unpaired) electrons. The SMILES string of the molecule is CN(C)C1C(=O)C(C(N)=O)C(=O)C2(O)C(=O)C3C(=O)c4c(O)cc(CN5CCc6ccccc6CC5)c(Cl)c4CC3CC12. The van der Waals surface area contributed by atoms with E-state index in [0.29, 0.717) is 22.7 Å². The molecule has 4 N–H and O–H groups in total. The number of aliphatic hydroxyl groups is 1. The Morgan fingerprint density at radius 2 is 1.72 bits per heavy atom. The summed E-state index contributed by atoms with van der Waals surface area (Å²) in [6.45, 7) is 2.05. The number of aromatic hydroxyl groups is 1. The predicted molar refractivity (Wildman–Crippen MR) is 155 cm³/mol. The number of Topliss-reactive ketones (excluding diaryl/α,β-unsaturated/α-hetero) is 4. The summed E-state index contributed by atoms with van der Waals surface area (Å²) in [6, 6.07) is 8.64. The fourth-order valence-corrected chi connectivity index (χ4v) is 8.22. The molecule has 2 fully saturated rings. The van der Waals surface area contributed by atoms with Gasteiger partial charge < -0.3 is 15.9 Å². The molecule has 0 spiro atoms. The highest BCUT2D eigenvalue weighted by molar-refractivity contribution is 6.34. The van der Waals surface area contributed by atoms with Gasteiger partial charge in [0.1, 0.15) is 5.75 Å². The first-order valence-electron chi connectivity index (χ1n) is 14.5. The van der Waals surface area contributed by atoms with Crippen molar-refractivity contribution in [3.8, 4) is 5.75 Å². The third-order valence-corrected chi connectivity index (χ3v) is 10.4. The van der Waals surface area contributed by atoms with Crippen molar-refractivity contribution in [3.63, 3.8) is 0 Å². The van der Waals surface area contributed by atoms with Crippen LogP contribution in [0.15, 0.2) is 30.3 Å². The molecule has 226 valence electrons. The van der Waals surface area contributed by atoms with E-state index >= 15 is 0 Å². The van der Waals surface area contributed by atoms with Crippen LogP contribution in [0.5, 0.6) is 5.75 Å². The maximum Gasteiger partial charge on any atom is 0.235 e. The molecule has 6 rings (SSSR count). The Bertz CT molecular complexity index is 1560. The van der Waals surface area contributed by atoms with Crippen LogP contribution in [-0.4, -0.2) is 87.9 Å². The number of carbonyl (C=O) groups is 5. The molecule has 1 amide bonds. The zero-order chi connectivity index (χ0) is 31.0. The quantitative estimate of drug-likeness (QED) is 0.433. The van der Waals surface area contributed by atoms with Crippen molar-refractivity contribution in [2.45, 2.75) is 43.9 Å². The molecule has 43 heavy (non-hydrogen) atoms. The highest BCUT2D eigenvalue weighted by Gasteiger charge is 2.69. The van der Waals surface area contributed by atoms with E-state index in [1.54, 1.807) is 14.1 Å². The number of likely N-dealkylation sites (N-methyl/N-ethyl adjacent to an activating group) is 1. The molecule has 0 aromatic heterocycles. The third kappa shape index (κ3) is 4.46. The summed E-state index contributed by atoms with van der Waals surface area (Å²) >= 11 is 6.93. The van der Waals surface area contributed by atoms with Crippen LogP contribution in [0.25, 0.3) is 0 Å². The summed E-state index contributed by atoms with van der Waals surface area (Å²) in [6.07, 6.45) is 1.87. The van der Waals surface area contributed by atoms with Gasteiger partial charge in [-0.3, -0.25) is 33.8 Å². The van der Waals surface area contributed by atoms with Crippen LogP contribution >= 0.6 is 11.6 Å². The number of phenols is 1. The molecule has 0 bridgehead atoms. The molecule has 2 saturated carbocycles. The van der Waals surface area contributed by atoms with Gasteiger partial charge in [0.15, 0.2) is 34.7 Å². The lowest BCUT2D eigenvalue weighted by Gasteiger charge is -2.52. The van der Waals surface area contributed by atoms with Crippen LogP contribution in [0.2, 0.25) is 5.02 Å². The summed E-state index contributed by atoms with van der Waals surface area (Å²) in [5.74, 6) is -10.7. The summed E-state index contributed by atoms with van der Waals surface area (Å²) in [5.41, 5.74) is 6.22. The topological polar surface area (TPSA) is 158 Å². The number of fused-ring (bicyclic) bond motifs is 4. The average Bonchev–Trinajstić information content (AvgIpc) is 3.15. The summed E-state index contributed by atoms with van der Waals surface area (Å²) in [4.78, 5) is 70.3. The Balaban J connectivity index is 1.34. The number of rotatable bonds is 4. The standard InChI is InChI=1S/C32H34ClN3O7/c1-35(2)26-20-12-17-11-19-23(27(38)22(17)29(40)32(20,43)30(41)24(28(26)39)31(34)42)21(37)13-18(25(19)33)14-36-9-7-15-5-3-4-6-16(15)8-10-36/h3-6,13,17,20,22,24,26,37,43H,7-12,14H2,1-2H3,(H2,34,42). The van der Waals surface area contributed by atoms with Crippen molar-refractivity contribution in [2.75, 3.05) is 27.2 Å². The lowest BCUT2D eigenvalue weighted by molar-refractivity contribution is -0.181. The summed E-state index contributed by atoms with van der Waals surface area (Å²) < 4.78 is 0. The molecule has 6 unspecified atom stereocenters. The molecule has 3 aliphatic carbocycles. The Kier molecular flexibility index (Phi) is 7.32. The van der Waals surface area contributed by atoms with Gasteiger partial charge in [-0.05, 0) is 74.0 Å². The molecule has 2 aromatic carbocycles. The first-order chi connectivity index (χ1) is 20.4. The molecular formula is C32H34ClN3O7. The van der Waals surface area contributed by atoms with Crippen molar-refractivity contribution in [3.05, 3.63) is 63.2 Å². The second-order valence-electron chi connectivity index (χ2n) is 12.6. The molecular weight excluding hydrogens is 574 g/mol. The van der Waals surface area contributed by atoms with E-state index in [0.717, 1.165) is 25.9 Å². The zero-order valence-electron chi connectivity index (χ0n) is 24.0. The highest BCUT2D eigenvalue weighted by atomic mass is 35.5. The fraction of sp³-hybridized carbons (Fsp3) is 0.469. The van der Waals surface area contributed by atoms with Gasteiger partial charge in [0.2, 0.25) is 5.91 Å². The van der Waals surface area contributed by atoms with E-state index in [1.807, 2.05) is 12.1 Å². The number of nitrogens with two attached hydrogens (primary N) is 1. The van der Waals surface area contributed by atoms with Crippen LogP contribution in [0, 0.1) is 23.7 Å². The zero-order valence-corrected chi connectivity index (χ0v) is 24.8. The number of halogens is 1. The number of phenolic OH excluding ortho intramolecular Hbond substituents is 1. The molecule has 6 atom stereocenters. The second kappa shape index (κ2) is 10.6. The molecule has 10 nitrogen and oxygen atoms in total. The van der Waals surface area contributed by atoms with Gasteiger partial charge in [-0.1, -0.05) is 35.9 Å². The molecule has 11 heteroatoms. The molecule has 1 heterocycles. The van der Waals surface area contributed by atoms with E-state index in [-0.39, 0.29) is 24.2 Å². The third-order valence-electron chi connectivity index (χ3n) is 9.98. The van der Waals surface area contributed by atoms with E-state index in [9.17, 15) is 34.2 Å². The van der Waals surface area contributed by atoms with Crippen LogP contribution in [0.3, 0.4) is 0 Å². The average molecular weight is 608 g/mol. The van der Waals surface area contributed by atoms with Crippen molar-refractivity contribution in [1.82, 2.24) is 9.80 Å². The molecule has 0 saturated heterocycles. The number of benzene rings is 2.